The number of aliphatic carboxylic acids is 1. The minimum absolute atomic E-state index is 0.0417. The molecule has 0 aromatic heterocycles. The van der Waals surface area contributed by atoms with Crippen molar-refractivity contribution in [2.75, 3.05) is 0 Å². The van der Waals surface area contributed by atoms with Crippen molar-refractivity contribution in [1.29, 1.82) is 0 Å². The molecule has 0 aliphatic carbocycles. The molecular weight excluding hydrogens is 224 g/mol. The zero-order chi connectivity index (χ0) is 12.0. The highest BCUT2D eigenvalue weighted by molar-refractivity contribution is 6.30. The molecule has 6 nitrogen and oxygen atoms in total. The number of alkyl halides is 1. The van der Waals surface area contributed by atoms with Crippen molar-refractivity contribution >= 4 is 29.4 Å². The number of hydrogen-bond donors (Lipinski definition) is 3. The van der Waals surface area contributed by atoms with Gasteiger partial charge >= 0.3 is 5.97 Å². The number of amides is 2. The van der Waals surface area contributed by atoms with Gasteiger partial charge in [-0.05, 0) is 13.3 Å². The molecule has 0 aliphatic rings. The van der Waals surface area contributed by atoms with Gasteiger partial charge in [0.1, 0.15) is 11.4 Å². The fourth-order valence-corrected chi connectivity index (χ4v) is 0.894. The number of hydrogen-bond acceptors (Lipinski definition) is 3. The first-order valence-electron chi connectivity index (χ1n) is 4.30. The lowest BCUT2D eigenvalue weighted by Gasteiger charge is -2.14. The molecule has 4 N–H and O–H groups in total. The Labute approximate surface area is 91.8 Å². The van der Waals surface area contributed by atoms with Crippen LogP contribution in [0, 0.1) is 0 Å². The van der Waals surface area contributed by atoms with Gasteiger partial charge in [-0.15, -0.1) is 11.6 Å². The van der Waals surface area contributed by atoms with Gasteiger partial charge < -0.3 is 16.2 Å². The molecule has 0 fully saturated rings. The average Bonchev–Trinajstić information content (AvgIpc) is 2.10. The van der Waals surface area contributed by atoms with Crippen molar-refractivity contribution < 1.29 is 19.5 Å². The molecule has 0 radical (unpaired) electrons. The van der Waals surface area contributed by atoms with Gasteiger partial charge in [0.2, 0.25) is 11.8 Å². The zero-order valence-corrected chi connectivity index (χ0v) is 8.95. The van der Waals surface area contributed by atoms with Crippen LogP contribution in [0.3, 0.4) is 0 Å². The second-order valence-corrected chi connectivity index (χ2v) is 3.68. The molecule has 0 aromatic rings. The van der Waals surface area contributed by atoms with Crippen LogP contribution in [0.15, 0.2) is 0 Å². The van der Waals surface area contributed by atoms with Crippen LogP contribution in [0.25, 0.3) is 0 Å². The molecule has 0 spiro atoms. The summed E-state index contributed by atoms with van der Waals surface area (Å²) in [6, 6.07) is -1.13. The first-order valence-corrected chi connectivity index (χ1v) is 4.73. The first kappa shape index (κ1) is 13.7. The Bertz CT molecular complexity index is 267. The van der Waals surface area contributed by atoms with Crippen LogP contribution < -0.4 is 11.1 Å². The van der Waals surface area contributed by atoms with Crippen LogP contribution in [0.5, 0.6) is 0 Å². The summed E-state index contributed by atoms with van der Waals surface area (Å²) in [6.45, 7) is 1.42. The van der Waals surface area contributed by atoms with Gasteiger partial charge in [0.25, 0.3) is 0 Å². The Morgan fingerprint density at radius 3 is 2.33 bits per heavy atom. The predicted molar refractivity (Wildman–Crippen MR) is 53.3 cm³/mol. The third-order valence-corrected chi connectivity index (χ3v) is 1.85. The fraction of sp³-hybridized carbons (Fsp3) is 0.625. The summed E-state index contributed by atoms with van der Waals surface area (Å²) >= 11 is 5.44. The van der Waals surface area contributed by atoms with Gasteiger partial charge in [-0.25, -0.2) is 4.79 Å². The molecule has 7 heteroatoms. The molecule has 1 unspecified atom stereocenters. The Balaban J connectivity index is 4.22. The summed E-state index contributed by atoms with van der Waals surface area (Å²) in [5.74, 6) is -2.43. The fourth-order valence-electron chi connectivity index (χ4n) is 0.831. The number of carboxylic acids is 1. The van der Waals surface area contributed by atoms with E-state index in [2.05, 4.69) is 5.32 Å². The summed E-state index contributed by atoms with van der Waals surface area (Å²) < 4.78 is 0. The molecule has 0 saturated carbocycles. The second kappa shape index (κ2) is 6.23. The lowest BCUT2D eigenvalue weighted by atomic mass is 10.1. The van der Waals surface area contributed by atoms with E-state index in [0.717, 1.165) is 0 Å². The molecule has 0 rings (SSSR count). The Hall–Kier alpha value is -1.30. The Kier molecular flexibility index (Phi) is 5.69. The minimum Gasteiger partial charge on any atom is -0.480 e. The van der Waals surface area contributed by atoms with Crippen LogP contribution in [0.2, 0.25) is 0 Å². The molecule has 2 amide bonds. The molecule has 0 aromatic carbocycles. The van der Waals surface area contributed by atoms with E-state index in [1.54, 1.807) is 0 Å². The number of rotatable bonds is 6. The monoisotopic (exact) mass is 236 g/mol. The average molecular weight is 237 g/mol. The highest BCUT2D eigenvalue weighted by Crippen LogP contribution is 2.00. The number of nitrogens with one attached hydrogen (secondary N) is 1. The largest absolute Gasteiger partial charge is 0.480 e. The van der Waals surface area contributed by atoms with Gasteiger partial charge in [0, 0.05) is 6.42 Å². The van der Waals surface area contributed by atoms with Crippen molar-refractivity contribution in [2.45, 2.75) is 31.2 Å². The van der Waals surface area contributed by atoms with Crippen molar-refractivity contribution in [3.8, 4) is 0 Å². The normalized spacial score (nSPS) is 14.0. The number of carbonyl (C=O) groups excluding carboxylic acids is 2. The molecule has 2 atom stereocenters. The van der Waals surface area contributed by atoms with E-state index >= 15 is 0 Å². The van der Waals surface area contributed by atoms with Gasteiger partial charge in [0.15, 0.2) is 0 Å². The van der Waals surface area contributed by atoms with Crippen LogP contribution in [0.1, 0.15) is 19.8 Å². The molecule has 86 valence electrons. The standard InChI is InChI=1S/C8H13ClN2O4/c1-4(9)7(13)11-5(8(14)15)2-3-6(10)12/h4-5H,2-3H2,1H3,(H2,10,12)(H,11,13)(H,14,15)/t4?,5-/m0/s1. The second-order valence-electron chi connectivity index (χ2n) is 3.02. The number of nitrogens with two attached hydrogens (primary N) is 1. The van der Waals surface area contributed by atoms with Gasteiger partial charge in [-0.2, -0.15) is 0 Å². The number of carbonyl (C=O) groups is 3. The summed E-state index contributed by atoms with van der Waals surface area (Å²) in [5, 5.41) is 10.1. The number of carboxylic acid groups (broad SMARTS) is 1. The summed E-state index contributed by atoms with van der Waals surface area (Å²) in [4.78, 5) is 32.2. The van der Waals surface area contributed by atoms with Gasteiger partial charge in [0.05, 0.1) is 0 Å². The maximum absolute atomic E-state index is 11.1. The minimum atomic E-state index is -1.22. The Morgan fingerprint density at radius 2 is 2.00 bits per heavy atom. The van der Waals surface area contributed by atoms with Crippen LogP contribution >= 0.6 is 11.6 Å². The molecule has 0 heterocycles. The molecule has 0 aliphatic heterocycles. The Morgan fingerprint density at radius 1 is 1.47 bits per heavy atom. The molecule has 0 bridgehead atoms. The maximum atomic E-state index is 11.1. The van der Waals surface area contributed by atoms with E-state index in [0.29, 0.717) is 0 Å². The van der Waals surface area contributed by atoms with E-state index in [1.807, 2.05) is 0 Å². The first-order chi connectivity index (χ1) is 6.84. The van der Waals surface area contributed by atoms with Crippen molar-refractivity contribution in [2.24, 2.45) is 5.73 Å². The third kappa shape index (κ3) is 5.90. The smallest absolute Gasteiger partial charge is 0.326 e. The summed E-state index contributed by atoms with van der Waals surface area (Å²) in [5.41, 5.74) is 4.86. The topological polar surface area (TPSA) is 109 Å². The quantitative estimate of drug-likeness (QED) is 0.538. The van der Waals surface area contributed by atoms with E-state index in [-0.39, 0.29) is 12.8 Å². The predicted octanol–water partition coefficient (Wildman–Crippen LogP) is -0.551. The number of halogens is 1. The maximum Gasteiger partial charge on any atom is 0.326 e. The van der Waals surface area contributed by atoms with Crippen molar-refractivity contribution in [3.63, 3.8) is 0 Å². The molecule has 0 saturated heterocycles. The SMILES string of the molecule is CC(Cl)C(=O)N[C@@H](CCC(N)=O)C(=O)O. The zero-order valence-electron chi connectivity index (χ0n) is 8.20. The highest BCUT2D eigenvalue weighted by atomic mass is 35.5. The third-order valence-electron chi connectivity index (χ3n) is 1.66. The summed E-state index contributed by atoms with van der Waals surface area (Å²) in [6.07, 6.45) is -0.145. The lowest BCUT2D eigenvalue weighted by molar-refractivity contribution is -0.142. The number of primary amides is 1. The lowest BCUT2D eigenvalue weighted by Crippen LogP contribution is -2.44. The van der Waals surface area contributed by atoms with Gasteiger partial charge in [-0.3, -0.25) is 9.59 Å². The van der Waals surface area contributed by atoms with E-state index in [4.69, 9.17) is 22.4 Å². The van der Waals surface area contributed by atoms with E-state index in [9.17, 15) is 14.4 Å². The van der Waals surface area contributed by atoms with Gasteiger partial charge in [-0.1, -0.05) is 0 Å². The summed E-state index contributed by atoms with van der Waals surface area (Å²) in [7, 11) is 0. The highest BCUT2D eigenvalue weighted by Gasteiger charge is 2.22. The molecule has 15 heavy (non-hydrogen) atoms. The van der Waals surface area contributed by atoms with E-state index in [1.165, 1.54) is 6.92 Å². The van der Waals surface area contributed by atoms with Crippen LogP contribution in [-0.2, 0) is 14.4 Å². The van der Waals surface area contributed by atoms with Crippen molar-refractivity contribution in [1.82, 2.24) is 5.32 Å². The van der Waals surface area contributed by atoms with Crippen molar-refractivity contribution in [3.05, 3.63) is 0 Å². The van der Waals surface area contributed by atoms with E-state index < -0.39 is 29.2 Å². The van der Waals surface area contributed by atoms with Crippen LogP contribution in [-0.4, -0.2) is 34.3 Å². The molecular formula is C8H13ClN2O4. The van der Waals surface area contributed by atoms with Crippen LogP contribution in [0.4, 0.5) is 0 Å².